The van der Waals surface area contributed by atoms with Crippen LogP contribution in [0.1, 0.15) is 62.5 Å². The van der Waals surface area contributed by atoms with E-state index in [1.807, 2.05) is 36.4 Å². The van der Waals surface area contributed by atoms with Crippen molar-refractivity contribution in [3.05, 3.63) is 47.5 Å². The summed E-state index contributed by atoms with van der Waals surface area (Å²) in [5.74, 6) is -2.64. The highest BCUT2D eigenvalue weighted by Crippen LogP contribution is 2.45. The summed E-state index contributed by atoms with van der Waals surface area (Å²) in [6.07, 6.45) is 5.39. The van der Waals surface area contributed by atoms with E-state index in [9.17, 15) is 29.1 Å². The SMILES string of the molecule is O=C(N[C@H]1CCCCC/C=C\[C@@H]2C[C@@]2(C(=O)O)NC(=O)[C@@H]2C[C@@H](OC(=O)N3Cc4ccccc4C3)CN2C1=O)O[C@H]1CCOC1. The molecule has 1 saturated carbocycles. The van der Waals surface area contributed by atoms with Gasteiger partial charge in [0, 0.05) is 31.8 Å². The van der Waals surface area contributed by atoms with Crippen molar-refractivity contribution in [1.29, 1.82) is 0 Å². The summed E-state index contributed by atoms with van der Waals surface area (Å²) in [4.78, 5) is 69.0. The van der Waals surface area contributed by atoms with Gasteiger partial charge in [-0.05, 0) is 36.8 Å². The molecule has 45 heavy (non-hydrogen) atoms. The molecule has 242 valence electrons. The number of carboxylic acid groups (broad SMARTS) is 1. The number of fused-ring (bicyclic) bond motifs is 3. The molecule has 4 aliphatic heterocycles. The van der Waals surface area contributed by atoms with E-state index in [4.69, 9.17) is 14.2 Å². The number of allylic oxidation sites excluding steroid dienone is 1. The lowest BCUT2D eigenvalue weighted by atomic mass is 10.0. The van der Waals surface area contributed by atoms with E-state index in [0.717, 1.165) is 30.4 Å². The largest absolute Gasteiger partial charge is 0.479 e. The van der Waals surface area contributed by atoms with Crippen LogP contribution in [-0.4, -0.2) is 94.5 Å². The van der Waals surface area contributed by atoms with Crippen molar-refractivity contribution >= 4 is 30.0 Å². The number of rotatable bonds is 4. The fourth-order valence-corrected chi connectivity index (χ4v) is 6.76. The van der Waals surface area contributed by atoms with E-state index in [1.165, 1.54) is 4.90 Å². The summed E-state index contributed by atoms with van der Waals surface area (Å²) < 4.78 is 16.6. The molecule has 0 spiro atoms. The molecular formula is C32H40N4O9. The number of hydrogen-bond donors (Lipinski definition) is 3. The summed E-state index contributed by atoms with van der Waals surface area (Å²) in [7, 11) is 0. The van der Waals surface area contributed by atoms with Crippen molar-refractivity contribution in [2.75, 3.05) is 19.8 Å². The van der Waals surface area contributed by atoms with E-state index in [1.54, 1.807) is 4.90 Å². The number of carboxylic acids is 1. The molecule has 2 saturated heterocycles. The first-order valence-electron chi connectivity index (χ1n) is 15.8. The number of nitrogens with zero attached hydrogens (tertiary/aromatic N) is 2. The van der Waals surface area contributed by atoms with Gasteiger partial charge in [0.1, 0.15) is 29.8 Å². The first-order valence-corrected chi connectivity index (χ1v) is 15.8. The van der Waals surface area contributed by atoms with Crippen LogP contribution in [0, 0.1) is 5.92 Å². The molecule has 5 aliphatic rings. The summed E-state index contributed by atoms with van der Waals surface area (Å²) in [6.45, 7) is 1.49. The highest BCUT2D eigenvalue weighted by molar-refractivity contribution is 5.96. The van der Waals surface area contributed by atoms with Crippen LogP contribution < -0.4 is 10.6 Å². The van der Waals surface area contributed by atoms with Gasteiger partial charge in [-0.3, -0.25) is 14.5 Å². The lowest BCUT2D eigenvalue weighted by Gasteiger charge is -2.29. The third kappa shape index (κ3) is 6.77. The zero-order chi connectivity index (χ0) is 31.6. The zero-order valence-electron chi connectivity index (χ0n) is 25.2. The average molecular weight is 625 g/mol. The zero-order valence-corrected chi connectivity index (χ0v) is 25.2. The van der Waals surface area contributed by atoms with Crippen LogP contribution in [0.15, 0.2) is 36.4 Å². The molecule has 4 heterocycles. The van der Waals surface area contributed by atoms with Crippen LogP contribution in [0.5, 0.6) is 0 Å². The maximum absolute atomic E-state index is 14.1. The second-order valence-corrected chi connectivity index (χ2v) is 12.6. The Morgan fingerprint density at radius 2 is 1.80 bits per heavy atom. The minimum absolute atomic E-state index is 0.00309. The number of aliphatic carboxylic acids is 1. The van der Waals surface area contributed by atoms with Crippen LogP contribution in [-0.2, 0) is 41.7 Å². The second-order valence-electron chi connectivity index (χ2n) is 12.6. The monoisotopic (exact) mass is 624 g/mol. The highest BCUT2D eigenvalue weighted by Gasteiger charge is 2.61. The van der Waals surface area contributed by atoms with Crippen molar-refractivity contribution in [2.24, 2.45) is 5.92 Å². The molecule has 6 atom stereocenters. The Labute approximate surface area is 261 Å². The summed E-state index contributed by atoms with van der Waals surface area (Å²) in [5.41, 5.74) is 0.601. The maximum Gasteiger partial charge on any atom is 0.410 e. The van der Waals surface area contributed by atoms with Gasteiger partial charge in [0.25, 0.3) is 0 Å². The molecule has 0 bridgehead atoms. The van der Waals surface area contributed by atoms with Crippen LogP contribution in [0.2, 0.25) is 0 Å². The summed E-state index contributed by atoms with van der Waals surface area (Å²) in [6, 6.07) is 5.64. The van der Waals surface area contributed by atoms with Gasteiger partial charge >= 0.3 is 18.2 Å². The lowest BCUT2D eigenvalue weighted by Crippen LogP contribution is -2.56. The fraction of sp³-hybridized carbons (Fsp3) is 0.594. The quantitative estimate of drug-likeness (QED) is 0.427. The topological polar surface area (TPSA) is 164 Å². The molecule has 3 N–H and O–H groups in total. The first-order chi connectivity index (χ1) is 21.7. The lowest BCUT2D eigenvalue weighted by molar-refractivity contribution is -0.145. The predicted octanol–water partition coefficient (Wildman–Crippen LogP) is 2.47. The number of benzene rings is 1. The van der Waals surface area contributed by atoms with Crippen molar-refractivity contribution in [2.45, 2.75) is 94.3 Å². The maximum atomic E-state index is 14.1. The molecule has 0 aromatic heterocycles. The Balaban J connectivity index is 1.20. The molecule has 0 unspecified atom stereocenters. The van der Waals surface area contributed by atoms with Gasteiger partial charge in [0.2, 0.25) is 11.8 Å². The molecule has 1 aromatic carbocycles. The van der Waals surface area contributed by atoms with Crippen LogP contribution >= 0.6 is 0 Å². The van der Waals surface area contributed by atoms with Gasteiger partial charge in [-0.25, -0.2) is 14.4 Å². The van der Waals surface area contributed by atoms with E-state index in [2.05, 4.69) is 10.6 Å². The Hall–Kier alpha value is -4.13. The number of nitrogens with one attached hydrogen (secondary N) is 2. The van der Waals surface area contributed by atoms with E-state index in [-0.39, 0.29) is 31.9 Å². The van der Waals surface area contributed by atoms with Gasteiger partial charge in [0.15, 0.2) is 0 Å². The van der Waals surface area contributed by atoms with E-state index >= 15 is 0 Å². The Bertz CT molecular complexity index is 1340. The molecule has 13 nitrogen and oxygen atoms in total. The Kier molecular flexibility index (Phi) is 8.97. The molecule has 0 radical (unpaired) electrons. The predicted molar refractivity (Wildman–Crippen MR) is 158 cm³/mol. The number of carbonyl (C=O) groups is 5. The smallest absolute Gasteiger partial charge is 0.410 e. The molecule has 1 aliphatic carbocycles. The van der Waals surface area contributed by atoms with Crippen molar-refractivity contribution in [3.8, 4) is 0 Å². The van der Waals surface area contributed by atoms with Crippen LogP contribution in [0.3, 0.4) is 0 Å². The molecule has 3 fully saturated rings. The van der Waals surface area contributed by atoms with Crippen LogP contribution in [0.25, 0.3) is 0 Å². The van der Waals surface area contributed by atoms with Crippen LogP contribution in [0.4, 0.5) is 9.59 Å². The summed E-state index contributed by atoms with van der Waals surface area (Å²) >= 11 is 0. The first kappa shape index (κ1) is 30.9. The van der Waals surface area contributed by atoms with E-state index < -0.39 is 59.8 Å². The standard InChI is InChI=1S/C32H40N4O9/c37-27-26-14-24(45-31(42)35-16-20-8-6-7-9-21(20)17-35)18-36(26)28(38)25(33-30(41)44-23-12-13-43-19-23)11-5-3-1-2-4-10-22-15-32(22,34-27)29(39)40/h4,6-10,22-26H,1-3,5,11-19H2,(H,33,41)(H,34,37)(H,39,40)/b10-4-/t22-,23+,24-,25+,26+,32-/m1/s1. The molecule has 4 amide bonds. The van der Waals surface area contributed by atoms with Gasteiger partial charge in [-0.2, -0.15) is 0 Å². The van der Waals surface area contributed by atoms with Crippen molar-refractivity contribution in [1.82, 2.24) is 20.4 Å². The minimum Gasteiger partial charge on any atom is -0.479 e. The number of ether oxygens (including phenoxy) is 3. The third-order valence-corrected chi connectivity index (χ3v) is 9.44. The number of carbonyl (C=O) groups excluding carboxylic acids is 4. The average Bonchev–Trinajstić information content (AvgIpc) is 3.43. The summed E-state index contributed by atoms with van der Waals surface area (Å²) in [5, 5.41) is 15.5. The molecule has 13 heteroatoms. The van der Waals surface area contributed by atoms with Gasteiger partial charge < -0.3 is 34.9 Å². The van der Waals surface area contributed by atoms with Gasteiger partial charge in [-0.15, -0.1) is 0 Å². The molecule has 6 rings (SSSR count). The van der Waals surface area contributed by atoms with Gasteiger partial charge in [0.05, 0.1) is 19.8 Å². The normalized spacial score (nSPS) is 32.2. The highest BCUT2D eigenvalue weighted by atomic mass is 16.6. The molecular weight excluding hydrogens is 584 g/mol. The Morgan fingerprint density at radius 3 is 2.51 bits per heavy atom. The van der Waals surface area contributed by atoms with Gasteiger partial charge in [-0.1, -0.05) is 49.3 Å². The number of alkyl carbamates (subject to hydrolysis) is 1. The molecule has 1 aromatic rings. The fourth-order valence-electron chi connectivity index (χ4n) is 6.76. The number of hydrogen-bond acceptors (Lipinski definition) is 8. The van der Waals surface area contributed by atoms with E-state index in [0.29, 0.717) is 39.0 Å². The minimum atomic E-state index is -1.45. The Morgan fingerprint density at radius 1 is 1.02 bits per heavy atom. The number of amides is 4. The van der Waals surface area contributed by atoms with Crippen molar-refractivity contribution < 1.29 is 43.3 Å². The van der Waals surface area contributed by atoms with Crippen molar-refractivity contribution in [3.63, 3.8) is 0 Å². The third-order valence-electron chi connectivity index (χ3n) is 9.44. The second kappa shape index (κ2) is 13.1.